The number of nitrogens with zero attached hydrogens (tertiary/aromatic N) is 1. The van der Waals surface area contributed by atoms with E-state index in [0.717, 1.165) is 30.6 Å². The van der Waals surface area contributed by atoms with Crippen LogP contribution in [0.25, 0.3) is 0 Å². The standard InChI is InChI=1S/C15H19NO2/c1-11-7-8-15(9-11,10-16)14(17)12-3-5-13(18-2)6-4-12/h3-6,11,14,17H,7-9H2,1-2H3. The molecule has 0 spiro atoms. The minimum absolute atomic E-state index is 0.512. The smallest absolute Gasteiger partial charge is 0.118 e. The van der Waals surface area contributed by atoms with Crippen LogP contribution in [0.5, 0.6) is 5.75 Å². The highest BCUT2D eigenvalue weighted by Crippen LogP contribution is 2.49. The van der Waals surface area contributed by atoms with Gasteiger partial charge in [-0.3, -0.25) is 0 Å². The van der Waals surface area contributed by atoms with E-state index in [4.69, 9.17) is 4.74 Å². The van der Waals surface area contributed by atoms with E-state index in [2.05, 4.69) is 13.0 Å². The van der Waals surface area contributed by atoms with Crippen LogP contribution in [0.2, 0.25) is 0 Å². The number of benzene rings is 1. The van der Waals surface area contributed by atoms with Gasteiger partial charge in [-0.2, -0.15) is 5.26 Å². The molecule has 1 fully saturated rings. The predicted octanol–water partition coefficient (Wildman–Crippen LogP) is 3.06. The first-order valence-electron chi connectivity index (χ1n) is 6.34. The van der Waals surface area contributed by atoms with Crippen LogP contribution >= 0.6 is 0 Å². The number of methoxy groups -OCH3 is 1. The third kappa shape index (κ3) is 2.21. The third-order valence-corrected chi connectivity index (χ3v) is 3.97. The van der Waals surface area contributed by atoms with Gasteiger partial charge in [-0.05, 0) is 42.9 Å². The fourth-order valence-electron chi connectivity index (χ4n) is 2.85. The fourth-order valence-corrected chi connectivity index (χ4v) is 2.85. The number of aliphatic hydroxyl groups excluding tert-OH is 1. The maximum atomic E-state index is 10.5. The van der Waals surface area contributed by atoms with Gasteiger partial charge in [0.15, 0.2) is 0 Å². The summed E-state index contributed by atoms with van der Waals surface area (Å²) >= 11 is 0. The van der Waals surface area contributed by atoms with Crippen molar-refractivity contribution in [3.63, 3.8) is 0 Å². The number of aliphatic hydroxyl groups is 1. The highest BCUT2D eigenvalue weighted by molar-refractivity contribution is 5.31. The summed E-state index contributed by atoms with van der Waals surface area (Å²) in [5.74, 6) is 1.27. The van der Waals surface area contributed by atoms with Crippen molar-refractivity contribution in [3.8, 4) is 11.8 Å². The summed E-state index contributed by atoms with van der Waals surface area (Å²) < 4.78 is 5.10. The summed E-state index contributed by atoms with van der Waals surface area (Å²) in [6, 6.07) is 9.67. The Kier molecular flexibility index (Phi) is 3.58. The predicted molar refractivity (Wildman–Crippen MR) is 69.0 cm³/mol. The molecule has 0 aromatic heterocycles. The summed E-state index contributed by atoms with van der Waals surface area (Å²) in [6.45, 7) is 2.14. The lowest BCUT2D eigenvalue weighted by Crippen LogP contribution is -2.24. The molecule has 0 bridgehead atoms. The molecule has 18 heavy (non-hydrogen) atoms. The van der Waals surface area contributed by atoms with Crippen LogP contribution in [-0.2, 0) is 0 Å². The fraction of sp³-hybridized carbons (Fsp3) is 0.533. The Morgan fingerprint density at radius 1 is 1.44 bits per heavy atom. The monoisotopic (exact) mass is 245 g/mol. The van der Waals surface area contributed by atoms with Gasteiger partial charge in [0.1, 0.15) is 5.75 Å². The molecule has 1 saturated carbocycles. The van der Waals surface area contributed by atoms with Gasteiger partial charge in [0.05, 0.1) is 24.7 Å². The lowest BCUT2D eigenvalue weighted by atomic mass is 9.78. The second-order valence-corrected chi connectivity index (χ2v) is 5.29. The van der Waals surface area contributed by atoms with Crippen molar-refractivity contribution in [1.29, 1.82) is 5.26 Å². The molecule has 3 nitrogen and oxygen atoms in total. The van der Waals surface area contributed by atoms with Gasteiger partial charge < -0.3 is 9.84 Å². The SMILES string of the molecule is COc1ccc(C(O)C2(C#N)CCC(C)C2)cc1. The van der Waals surface area contributed by atoms with Gasteiger partial charge in [-0.1, -0.05) is 19.1 Å². The lowest BCUT2D eigenvalue weighted by Gasteiger charge is -2.27. The Bertz CT molecular complexity index is 449. The summed E-state index contributed by atoms with van der Waals surface area (Å²) in [5.41, 5.74) is 0.181. The molecule has 3 atom stereocenters. The molecule has 96 valence electrons. The quantitative estimate of drug-likeness (QED) is 0.890. The summed E-state index contributed by atoms with van der Waals surface area (Å²) in [5, 5.41) is 19.9. The second kappa shape index (κ2) is 4.99. The van der Waals surface area contributed by atoms with E-state index in [0.29, 0.717) is 5.92 Å². The first-order valence-corrected chi connectivity index (χ1v) is 6.34. The van der Waals surface area contributed by atoms with Crippen molar-refractivity contribution in [2.45, 2.75) is 32.3 Å². The van der Waals surface area contributed by atoms with Crippen LogP contribution in [0.15, 0.2) is 24.3 Å². The van der Waals surface area contributed by atoms with Crippen molar-refractivity contribution in [2.75, 3.05) is 7.11 Å². The van der Waals surface area contributed by atoms with E-state index in [9.17, 15) is 10.4 Å². The topological polar surface area (TPSA) is 53.2 Å². The van der Waals surface area contributed by atoms with Crippen molar-refractivity contribution in [3.05, 3.63) is 29.8 Å². The number of ether oxygens (including phenoxy) is 1. The van der Waals surface area contributed by atoms with E-state index < -0.39 is 11.5 Å². The van der Waals surface area contributed by atoms with Crippen LogP contribution in [-0.4, -0.2) is 12.2 Å². The molecule has 3 unspecified atom stereocenters. The van der Waals surface area contributed by atoms with E-state index >= 15 is 0 Å². The van der Waals surface area contributed by atoms with Crippen molar-refractivity contribution >= 4 is 0 Å². The molecule has 0 heterocycles. The number of hydrogen-bond acceptors (Lipinski definition) is 3. The summed E-state index contributed by atoms with van der Waals surface area (Å²) in [4.78, 5) is 0. The summed E-state index contributed by atoms with van der Waals surface area (Å²) in [6.07, 6.45) is 1.85. The second-order valence-electron chi connectivity index (χ2n) is 5.29. The average molecular weight is 245 g/mol. The largest absolute Gasteiger partial charge is 0.497 e. The number of hydrogen-bond donors (Lipinski definition) is 1. The molecule has 0 radical (unpaired) electrons. The first-order chi connectivity index (χ1) is 8.61. The molecule has 3 heteroatoms. The molecule has 1 N–H and O–H groups in total. The maximum absolute atomic E-state index is 10.5. The van der Waals surface area contributed by atoms with E-state index in [1.807, 2.05) is 24.3 Å². The summed E-state index contributed by atoms with van der Waals surface area (Å²) in [7, 11) is 1.61. The van der Waals surface area contributed by atoms with Crippen molar-refractivity contribution in [1.82, 2.24) is 0 Å². The molecular weight excluding hydrogens is 226 g/mol. The molecule has 0 aliphatic heterocycles. The van der Waals surface area contributed by atoms with Crippen molar-refractivity contribution in [2.24, 2.45) is 11.3 Å². The van der Waals surface area contributed by atoms with Crippen LogP contribution in [0, 0.1) is 22.7 Å². The van der Waals surface area contributed by atoms with Gasteiger partial charge in [-0.15, -0.1) is 0 Å². The molecule has 1 aromatic rings. The molecule has 1 aliphatic rings. The average Bonchev–Trinajstić information content (AvgIpc) is 2.81. The maximum Gasteiger partial charge on any atom is 0.118 e. The molecule has 2 rings (SSSR count). The zero-order chi connectivity index (χ0) is 13.2. The van der Waals surface area contributed by atoms with Gasteiger partial charge in [0.2, 0.25) is 0 Å². The first kappa shape index (κ1) is 12.9. The normalized spacial score (nSPS) is 28.7. The van der Waals surface area contributed by atoms with Gasteiger partial charge >= 0.3 is 0 Å². The number of rotatable bonds is 3. The van der Waals surface area contributed by atoms with E-state index in [-0.39, 0.29) is 0 Å². The Balaban J connectivity index is 2.24. The van der Waals surface area contributed by atoms with E-state index in [1.165, 1.54) is 0 Å². The van der Waals surface area contributed by atoms with E-state index in [1.54, 1.807) is 7.11 Å². The van der Waals surface area contributed by atoms with Crippen LogP contribution < -0.4 is 4.74 Å². The number of nitriles is 1. The van der Waals surface area contributed by atoms with Crippen molar-refractivity contribution < 1.29 is 9.84 Å². The Morgan fingerprint density at radius 3 is 2.56 bits per heavy atom. The Labute approximate surface area is 108 Å². The van der Waals surface area contributed by atoms with Crippen LogP contribution in [0.4, 0.5) is 0 Å². The van der Waals surface area contributed by atoms with Crippen LogP contribution in [0.1, 0.15) is 37.9 Å². The Hall–Kier alpha value is -1.53. The molecule has 1 aliphatic carbocycles. The minimum atomic E-state index is -0.710. The third-order valence-electron chi connectivity index (χ3n) is 3.97. The molecule has 0 saturated heterocycles. The Morgan fingerprint density at radius 2 is 2.11 bits per heavy atom. The molecule has 1 aromatic carbocycles. The zero-order valence-corrected chi connectivity index (χ0v) is 10.9. The van der Waals surface area contributed by atoms with Gasteiger partial charge in [0, 0.05) is 0 Å². The van der Waals surface area contributed by atoms with Gasteiger partial charge in [0.25, 0.3) is 0 Å². The highest BCUT2D eigenvalue weighted by atomic mass is 16.5. The highest BCUT2D eigenvalue weighted by Gasteiger charge is 2.44. The zero-order valence-electron chi connectivity index (χ0n) is 10.9. The van der Waals surface area contributed by atoms with Crippen LogP contribution in [0.3, 0.4) is 0 Å². The van der Waals surface area contributed by atoms with Gasteiger partial charge in [-0.25, -0.2) is 0 Å². The lowest BCUT2D eigenvalue weighted by molar-refractivity contribution is 0.0647. The molecular formula is C15H19NO2. The molecule has 0 amide bonds. The minimum Gasteiger partial charge on any atom is -0.497 e.